The third kappa shape index (κ3) is 4.37. The molecule has 18 heavy (non-hydrogen) atoms. The number of halogens is 1. The van der Waals surface area contributed by atoms with Crippen molar-refractivity contribution in [2.24, 2.45) is 5.41 Å². The van der Waals surface area contributed by atoms with E-state index in [-0.39, 0.29) is 5.41 Å². The Morgan fingerprint density at radius 3 is 2.56 bits per heavy atom. The molecule has 0 aliphatic carbocycles. The van der Waals surface area contributed by atoms with Crippen molar-refractivity contribution in [3.05, 3.63) is 0 Å². The van der Waals surface area contributed by atoms with E-state index >= 15 is 0 Å². The molecule has 0 atom stereocenters. The van der Waals surface area contributed by atoms with Gasteiger partial charge in [0.25, 0.3) is 10.2 Å². The van der Waals surface area contributed by atoms with Gasteiger partial charge < -0.3 is 0 Å². The molecule has 1 saturated heterocycles. The van der Waals surface area contributed by atoms with Crippen LogP contribution in [0.25, 0.3) is 0 Å². The summed E-state index contributed by atoms with van der Waals surface area (Å²) in [6.45, 7) is 6.17. The molecule has 0 radical (unpaired) electrons. The van der Waals surface area contributed by atoms with Gasteiger partial charge in [-0.2, -0.15) is 17.0 Å². The van der Waals surface area contributed by atoms with E-state index < -0.39 is 10.2 Å². The van der Waals surface area contributed by atoms with Gasteiger partial charge in [0.1, 0.15) is 0 Å². The van der Waals surface area contributed by atoms with Gasteiger partial charge in [-0.25, -0.2) is 0 Å². The Morgan fingerprint density at radius 2 is 1.94 bits per heavy atom. The van der Waals surface area contributed by atoms with E-state index in [0.717, 1.165) is 19.3 Å². The molecule has 0 unspecified atom stereocenters. The molecular weight excluding hydrogens is 272 g/mol. The van der Waals surface area contributed by atoms with Crippen molar-refractivity contribution < 1.29 is 8.42 Å². The summed E-state index contributed by atoms with van der Waals surface area (Å²) in [6.07, 6.45) is 3.65. The Morgan fingerprint density at radius 1 is 1.28 bits per heavy atom. The van der Waals surface area contributed by atoms with Gasteiger partial charge in [-0.3, -0.25) is 0 Å². The molecule has 108 valence electrons. The lowest BCUT2D eigenvalue weighted by Gasteiger charge is -2.27. The van der Waals surface area contributed by atoms with Gasteiger partial charge in [0.2, 0.25) is 0 Å². The average Bonchev–Trinajstić information content (AvgIpc) is 2.47. The second-order valence-electron chi connectivity index (χ2n) is 5.79. The number of hydrogen-bond donors (Lipinski definition) is 0. The zero-order valence-corrected chi connectivity index (χ0v) is 13.2. The quantitative estimate of drug-likeness (QED) is 0.731. The molecule has 0 aromatic carbocycles. The monoisotopic (exact) mass is 296 g/mol. The van der Waals surface area contributed by atoms with Crippen molar-refractivity contribution in [2.75, 3.05) is 32.6 Å². The summed E-state index contributed by atoms with van der Waals surface area (Å²) in [5, 5.41) is 0. The topological polar surface area (TPSA) is 40.6 Å². The molecule has 0 spiro atoms. The van der Waals surface area contributed by atoms with E-state index in [9.17, 15) is 8.42 Å². The van der Waals surface area contributed by atoms with E-state index in [0.29, 0.717) is 31.9 Å². The summed E-state index contributed by atoms with van der Waals surface area (Å²) in [5.74, 6) is 0.493. The molecule has 0 bridgehead atoms. The highest BCUT2D eigenvalue weighted by Crippen LogP contribution is 2.30. The van der Waals surface area contributed by atoms with Crippen LogP contribution in [-0.2, 0) is 10.2 Å². The lowest BCUT2D eigenvalue weighted by Crippen LogP contribution is -2.43. The van der Waals surface area contributed by atoms with Crippen LogP contribution in [0.5, 0.6) is 0 Å². The summed E-state index contributed by atoms with van der Waals surface area (Å²) < 4.78 is 27.8. The standard InChI is InChI=1S/C12H25ClN2O2S/c1-12(2)6-4-10-15(11-7-12)18(16,17)14(3)9-5-8-13/h4-11H2,1-3H3. The first-order chi connectivity index (χ1) is 8.29. The van der Waals surface area contributed by atoms with Crippen molar-refractivity contribution in [1.29, 1.82) is 0 Å². The minimum atomic E-state index is -3.30. The largest absolute Gasteiger partial charge is 0.281 e. The molecule has 0 aromatic rings. The normalized spacial score (nSPS) is 22.1. The molecule has 1 heterocycles. The molecule has 6 heteroatoms. The van der Waals surface area contributed by atoms with Gasteiger partial charge in [-0.15, -0.1) is 11.6 Å². The van der Waals surface area contributed by atoms with E-state index in [2.05, 4.69) is 13.8 Å². The smallest absolute Gasteiger partial charge is 0.195 e. The van der Waals surface area contributed by atoms with Crippen LogP contribution in [-0.4, -0.2) is 49.6 Å². The molecular formula is C12H25ClN2O2S. The molecule has 0 N–H and O–H groups in total. The van der Waals surface area contributed by atoms with Gasteiger partial charge in [0.15, 0.2) is 0 Å². The third-order valence-corrected chi connectivity index (χ3v) is 5.88. The van der Waals surface area contributed by atoms with Crippen LogP contribution in [0.3, 0.4) is 0 Å². The average molecular weight is 297 g/mol. The van der Waals surface area contributed by atoms with Crippen LogP contribution in [0, 0.1) is 5.41 Å². The lowest BCUT2D eigenvalue weighted by atomic mass is 9.85. The zero-order chi connectivity index (χ0) is 13.8. The molecule has 1 rings (SSSR count). The number of nitrogens with zero attached hydrogens (tertiary/aromatic N) is 2. The predicted octanol–water partition coefficient (Wildman–Crippen LogP) is 2.30. The fourth-order valence-electron chi connectivity index (χ4n) is 2.22. The third-order valence-electron chi connectivity index (χ3n) is 3.63. The van der Waals surface area contributed by atoms with Gasteiger partial charge in [0, 0.05) is 32.6 Å². The maximum absolute atomic E-state index is 12.4. The Balaban J connectivity index is 2.67. The van der Waals surface area contributed by atoms with Crippen molar-refractivity contribution in [1.82, 2.24) is 8.61 Å². The van der Waals surface area contributed by atoms with Gasteiger partial charge >= 0.3 is 0 Å². The molecule has 0 saturated carbocycles. The summed E-state index contributed by atoms with van der Waals surface area (Å²) in [6, 6.07) is 0. The highest BCUT2D eigenvalue weighted by Gasteiger charge is 2.31. The van der Waals surface area contributed by atoms with E-state index in [1.54, 1.807) is 11.4 Å². The number of hydrogen-bond acceptors (Lipinski definition) is 2. The molecule has 1 aliphatic heterocycles. The SMILES string of the molecule is CN(CCCCl)S(=O)(=O)N1CCCC(C)(C)CC1. The maximum atomic E-state index is 12.4. The van der Waals surface area contributed by atoms with Crippen molar-refractivity contribution in [3.63, 3.8) is 0 Å². The van der Waals surface area contributed by atoms with Crippen molar-refractivity contribution >= 4 is 21.8 Å². The summed E-state index contributed by atoms with van der Waals surface area (Å²) in [7, 11) is -1.66. The second kappa shape index (κ2) is 6.55. The highest BCUT2D eigenvalue weighted by atomic mass is 35.5. The van der Waals surface area contributed by atoms with Crippen LogP contribution in [0.4, 0.5) is 0 Å². The van der Waals surface area contributed by atoms with Crippen LogP contribution < -0.4 is 0 Å². The van der Waals surface area contributed by atoms with Crippen LogP contribution in [0.1, 0.15) is 39.5 Å². The summed E-state index contributed by atoms with van der Waals surface area (Å²) in [4.78, 5) is 0. The first kappa shape index (κ1) is 16.2. The Kier molecular flexibility index (Phi) is 5.90. The van der Waals surface area contributed by atoms with Crippen LogP contribution in [0.2, 0.25) is 0 Å². The fourth-order valence-corrected chi connectivity index (χ4v) is 3.78. The van der Waals surface area contributed by atoms with Crippen LogP contribution in [0.15, 0.2) is 0 Å². The number of rotatable bonds is 5. The minimum absolute atomic E-state index is 0.249. The second-order valence-corrected chi connectivity index (χ2v) is 8.20. The Labute approximate surface area is 116 Å². The first-order valence-corrected chi connectivity index (χ1v) is 8.50. The van der Waals surface area contributed by atoms with Gasteiger partial charge in [0.05, 0.1) is 0 Å². The highest BCUT2D eigenvalue weighted by molar-refractivity contribution is 7.86. The van der Waals surface area contributed by atoms with E-state index in [1.807, 2.05) is 0 Å². The molecule has 0 aromatic heterocycles. The van der Waals surface area contributed by atoms with E-state index in [1.165, 1.54) is 4.31 Å². The first-order valence-electron chi connectivity index (χ1n) is 6.57. The van der Waals surface area contributed by atoms with Gasteiger partial charge in [-0.1, -0.05) is 13.8 Å². The zero-order valence-electron chi connectivity index (χ0n) is 11.7. The van der Waals surface area contributed by atoms with Crippen LogP contribution >= 0.6 is 11.6 Å². The van der Waals surface area contributed by atoms with E-state index in [4.69, 9.17) is 11.6 Å². The van der Waals surface area contributed by atoms with Gasteiger partial charge in [-0.05, 0) is 31.1 Å². The number of alkyl halides is 1. The lowest BCUT2D eigenvalue weighted by molar-refractivity contribution is 0.309. The summed E-state index contributed by atoms with van der Waals surface area (Å²) in [5.41, 5.74) is 0.249. The summed E-state index contributed by atoms with van der Waals surface area (Å²) >= 11 is 5.61. The minimum Gasteiger partial charge on any atom is -0.195 e. The molecule has 4 nitrogen and oxygen atoms in total. The Bertz CT molecular complexity index is 357. The predicted molar refractivity (Wildman–Crippen MR) is 76.1 cm³/mol. The Hall–Kier alpha value is 0.160. The molecule has 1 aliphatic rings. The van der Waals surface area contributed by atoms with Crippen molar-refractivity contribution in [2.45, 2.75) is 39.5 Å². The molecule has 1 fully saturated rings. The van der Waals surface area contributed by atoms with Crippen molar-refractivity contribution in [3.8, 4) is 0 Å². The maximum Gasteiger partial charge on any atom is 0.281 e. The molecule has 0 amide bonds. The fraction of sp³-hybridized carbons (Fsp3) is 1.00.